The topological polar surface area (TPSA) is 46.6 Å². The van der Waals surface area contributed by atoms with Gasteiger partial charge in [-0.15, -0.1) is 0 Å². The first kappa shape index (κ1) is 14.1. The summed E-state index contributed by atoms with van der Waals surface area (Å²) in [4.78, 5) is 26.6. The average Bonchev–Trinajstić information content (AvgIpc) is 2.99. The minimum absolute atomic E-state index is 0.0809. The van der Waals surface area contributed by atoms with Crippen molar-refractivity contribution >= 4 is 11.9 Å². The number of cyclic esters (lactones) is 1. The zero-order valence-electron chi connectivity index (χ0n) is 12.2. The molecule has 0 atom stereocenters. The van der Waals surface area contributed by atoms with Crippen LogP contribution in [-0.4, -0.2) is 35.5 Å². The molecule has 112 valence electrons. The van der Waals surface area contributed by atoms with Gasteiger partial charge in [-0.3, -0.25) is 4.79 Å². The highest BCUT2D eigenvalue weighted by Gasteiger charge is 2.51. The highest BCUT2D eigenvalue weighted by molar-refractivity contribution is 5.89. The highest BCUT2D eigenvalue weighted by Crippen LogP contribution is 2.38. The van der Waals surface area contributed by atoms with Crippen LogP contribution in [0.1, 0.15) is 37.7 Å². The maximum Gasteiger partial charge on any atom is 0.332 e. The molecule has 1 saturated heterocycles. The van der Waals surface area contributed by atoms with Gasteiger partial charge in [0.1, 0.15) is 12.1 Å². The van der Waals surface area contributed by atoms with Crippen molar-refractivity contribution in [1.29, 1.82) is 0 Å². The second kappa shape index (κ2) is 5.88. The van der Waals surface area contributed by atoms with Crippen molar-refractivity contribution in [2.45, 2.75) is 44.1 Å². The summed E-state index contributed by atoms with van der Waals surface area (Å²) in [6, 6.07) is 10.00. The molecule has 1 aromatic carbocycles. The fraction of sp³-hybridized carbons (Fsp3) is 0.529. The number of esters is 1. The van der Waals surface area contributed by atoms with E-state index in [1.807, 2.05) is 30.3 Å². The smallest absolute Gasteiger partial charge is 0.332 e. The van der Waals surface area contributed by atoms with E-state index < -0.39 is 5.54 Å². The lowest BCUT2D eigenvalue weighted by molar-refractivity contribution is -0.174. The molecule has 21 heavy (non-hydrogen) atoms. The fourth-order valence-corrected chi connectivity index (χ4v) is 3.52. The molecule has 4 nitrogen and oxygen atoms in total. The van der Waals surface area contributed by atoms with E-state index in [0.29, 0.717) is 19.6 Å². The van der Waals surface area contributed by atoms with E-state index in [0.717, 1.165) is 37.7 Å². The number of rotatable bonds is 3. The van der Waals surface area contributed by atoms with Crippen molar-refractivity contribution in [3.05, 3.63) is 35.9 Å². The van der Waals surface area contributed by atoms with Crippen LogP contribution >= 0.6 is 0 Å². The fourth-order valence-electron chi connectivity index (χ4n) is 3.52. The second-order valence-electron chi connectivity index (χ2n) is 5.91. The summed E-state index contributed by atoms with van der Waals surface area (Å²) in [5.41, 5.74) is 0.498. The predicted octanol–water partition coefficient (Wildman–Crippen LogP) is 2.32. The van der Waals surface area contributed by atoms with Crippen molar-refractivity contribution < 1.29 is 14.3 Å². The van der Waals surface area contributed by atoms with Crippen molar-refractivity contribution in [1.82, 2.24) is 4.90 Å². The molecule has 3 rings (SSSR count). The van der Waals surface area contributed by atoms with Gasteiger partial charge in [0.15, 0.2) is 0 Å². The Hall–Kier alpha value is -1.84. The van der Waals surface area contributed by atoms with Crippen LogP contribution in [0.3, 0.4) is 0 Å². The Balaban J connectivity index is 1.69. The third-order valence-corrected chi connectivity index (χ3v) is 4.65. The van der Waals surface area contributed by atoms with Gasteiger partial charge in [0.25, 0.3) is 0 Å². The quantitative estimate of drug-likeness (QED) is 0.802. The number of carbonyl (C=O) groups excluding carboxylic acids is 2. The van der Waals surface area contributed by atoms with Crippen LogP contribution in [0.15, 0.2) is 30.3 Å². The molecule has 1 spiro atoms. The summed E-state index contributed by atoms with van der Waals surface area (Å²) in [6.07, 6.45) is 4.68. The second-order valence-corrected chi connectivity index (χ2v) is 5.91. The first-order valence-electron chi connectivity index (χ1n) is 7.74. The van der Waals surface area contributed by atoms with E-state index in [9.17, 15) is 9.59 Å². The summed E-state index contributed by atoms with van der Waals surface area (Å²) < 4.78 is 5.23. The van der Waals surface area contributed by atoms with Crippen LogP contribution < -0.4 is 0 Å². The summed E-state index contributed by atoms with van der Waals surface area (Å²) in [6.45, 7) is 0.872. The summed E-state index contributed by atoms with van der Waals surface area (Å²) in [5.74, 6) is -0.114. The number of nitrogens with zero attached hydrogens (tertiary/aromatic N) is 1. The van der Waals surface area contributed by atoms with Crippen LogP contribution in [-0.2, 0) is 20.7 Å². The predicted molar refractivity (Wildman–Crippen MR) is 78.6 cm³/mol. The number of hydrogen-bond donors (Lipinski definition) is 0. The number of ether oxygens (including phenoxy) is 1. The van der Waals surface area contributed by atoms with Crippen LogP contribution in [0.2, 0.25) is 0 Å². The standard InChI is InChI=1S/C17H21NO3/c19-15(9-8-14-6-2-1-3-7-14)18-12-13-21-16(20)17(18)10-4-5-11-17/h1-3,6-7H,4-5,8-13H2. The molecule has 2 fully saturated rings. The normalized spacial score (nSPS) is 20.6. The van der Waals surface area contributed by atoms with Crippen molar-refractivity contribution in [3.8, 4) is 0 Å². The Bertz CT molecular complexity index is 520. The van der Waals surface area contributed by atoms with Crippen molar-refractivity contribution in [3.63, 3.8) is 0 Å². The largest absolute Gasteiger partial charge is 0.462 e. The van der Waals surface area contributed by atoms with Gasteiger partial charge in [-0.2, -0.15) is 0 Å². The highest BCUT2D eigenvalue weighted by atomic mass is 16.5. The van der Waals surface area contributed by atoms with E-state index in [-0.39, 0.29) is 11.9 Å². The minimum atomic E-state index is -0.661. The number of aryl methyl sites for hydroxylation is 1. The van der Waals surface area contributed by atoms with Gasteiger partial charge in [0, 0.05) is 6.42 Å². The Morgan fingerprint density at radius 3 is 2.62 bits per heavy atom. The molecule has 0 radical (unpaired) electrons. The van der Waals surface area contributed by atoms with Gasteiger partial charge in [0.05, 0.1) is 6.54 Å². The zero-order chi connectivity index (χ0) is 14.7. The Labute approximate surface area is 125 Å². The number of benzene rings is 1. The van der Waals surface area contributed by atoms with Gasteiger partial charge in [-0.1, -0.05) is 43.2 Å². The number of morpholine rings is 1. The first-order chi connectivity index (χ1) is 10.2. The van der Waals surface area contributed by atoms with Gasteiger partial charge in [0.2, 0.25) is 5.91 Å². The molecular weight excluding hydrogens is 266 g/mol. The van der Waals surface area contributed by atoms with Crippen molar-refractivity contribution in [2.24, 2.45) is 0 Å². The Kier molecular flexibility index (Phi) is 3.95. The lowest BCUT2D eigenvalue weighted by Crippen LogP contribution is -2.60. The molecule has 0 aromatic heterocycles. The number of carbonyl (C=O) groups is 2. The molecule has 0 unspecified atom stereocenters. The van der Waals surface area contributed by atoms with Gasteiger partial charge < -0.3 is 9.64 Å². The van der Waals surface area contributed by atoms with Crippen LogP contribution in [0.4, 0.5) is 0 Å². The van der Waals surface area contributed by atoms with Gasteiger partial charge in [-0.25, -0.2) is 4.79 Å². The molecule has 1 heterocycles. The van der Waals surface area contributed by atoms with Gasteiger partial charge >= 0.3 is 5.97 Å². The minimum Gasteiger partial charge on any atom is -0.462 e. The molecule has 1 amide bonds. The van der Waals surface area contributed by atoms with Gasteiger partial charge in [-0.05, 0) is 24.8 Å². The Morgan fingerprint density at radius 2 is 1.90 bits per heavy atom. The van der Waals surface area contributed by atoms with Crippen LogP contribution in [0, 0.1) is 0 Å². The van der Waals surface area contributed by atoms with E-state index in [4.69, 9.17) is 4.74 Å². The first-order valence-corrected chi connectivity index (χ1v) is 7.74. The molecule has 1 aliphatic carbocycles. The maximum absolute atomic E-state index is 12.6. The monoisotopic (exact) mass is 287 g/mol. The molecule has 0 N–H and O–H groups in total. The SMILES string of the molecule is O=C(CCc1ccccc1)N1CCOC(=O)C12CCCC2. The van der Waals surface area contributed by atoms with Crippen LogP contribution in [0.25, 0.3) is 0 Å². The number of amides is 1. The molecule has 1 aromatic rings. The van der Waals surface area contributed by atoms with E-state index in [2.05, 4.69) is 0 Å². The molecule has 2 aliphatic rings. The Morgan fingerprint density at radius 1 is 1.19 bits per heavy atom. The third kappa shape index (κ3) is 2.67. The van der Waals surface area contributed by atoms with E-state index in [1.54, 1.807) is 4.90 Å². The van der Waals surface area contributed by atoms with Crippen LogP contribution in [0.5, 0.6) is 0 Å². The molecule has 0 bridgehead atoms. The molecule has 4 heteroatoms. The van der Waals surface area contributed by atoms with E-state index >= 15 is 0 Å². The molecule has 1 aliphatic heterocycles. The lowest BCUT2D eigenvalue weighted by Gasteiger charge is -2.42. The summed E-state index contributed by atoms with van der Waals surface area (Å²) >= 11 is 0. The van der Waals surface area contributed by atoms with E-state index in [1.165, 1.54) is 0 Å². The maximum atomic E-state index is 12.6. The molecular formula is C17H21NO3. The van der Waals surface area contributed by atoms with Crippen molar-refractivity contribution in [2.75, 3.05) is 13.2 Å². The number of hydrogen-bond acceptors (Lipinski definition) is 3. The third-order valence-electron chi connectivity index (χ3n) is 4.65. The average molecular weight is 287 g/mol. The summed E-state index contributed by atoms with van der Waals surface area (Å²) in [7, 11) is 0. The lowest BCUT2D eigenvalue weighted by atomic mass is 9.93. The molecule has 1 saturated carbocycles. The zero-order valence-corrected chi connectivity index (χ0v) is 12.2. The summed E-state index contributed by atoms with van der Waals surface area (Å²) in [5, 5.41) is 0.